The van der Waals surface area contributed by atoms with E-state index in [0.717, 1.165) is 10.6 Å². The van der Waals surface area contributed by atoms with Crippen LogP contribution in [0.5, 0.6) is 0 Å². The summed E-state index contributed by atoms with van der Waals surface area (Å²) in [7, 11) is 4.59. The molecule has 0 radical (unpaired) electrons. The second-order valence-electron chi connectivity index (χ2n) is 16.4. The lowest BCUT2D eigenvalue weighted by Gasteiger charge is -2.39. The first-order chi connectivity index (χ1) is 29.6. The van der Waals surface area contributed by atoms with Gasteiger partial charge in [0.1, 0.15) is 6.04 Å². The maximum atomic E-state index is 14.1. The van der Waals surface area contributed by atoms with E-state index in [1.54, 1.807) is 67.4 Å². The van der Waals surface area contributed by atoms with Crippen LogP contribution >= 0.6 is 0 Å². The SMILES string of the molecule is CC[C@H](C)C([C@@H](CC(=O)N1CCC[C@H]1[C@H](OC)[C@@H](C)C(=O)N[C@@H](Cc1ccccc1)C(=O)O)OC)N(C)C(=O)CNC(=O)[C@@H](NCCON1C(=O)c2ccccc2C1=O)C(C)C. The first kappa shape index (κ1) is 49.4. The summed E-state index contributed by atoms with van der Waals surface area (Å²) < 4.78 is 11.8. The number of rotatable bonds is 24. The number of carbonyl (C=O) groups is 7. The highest BCUT2D eigenvalue weighted by molar-refractivity contribution is 6.20. The largest absolute Gasteiger partial charge is 0.480 e. The van der Waals surface area contributed by atoms with Crippen molar-refractivity contribution in [1.82, 2.24) is 30.8 Å². The fourth-order valence-electron chi connectivity index (χ4n) is 8.34. The smallest absolute Gasteiger partial charge is 0.326 e. The number of carbonyl (C=O) groups excluding carboxylic acids is 6. The van der Waals surface area contributed by atoms with Crippen molar-refractivity contribution < 1.29 is 53.0 Å². The summed E-state index contributed by atoms with van der Waals surface area (Å²) in [6, 6.07) is 12.6. The zero-order valence-corrected chi connectivity index (χ0v) is 37.1. The Morgan fingerprint density at radius 3 is 2.10 bits per heavy atom. The molecular weight excluding hydrogens is 801 g/mol. The molecule has 4 rings (SSSR count). The lowest BCUT2D eigenvalue weighted by molar-refractivity contribution is -0.147. The number of methoxy groups -OCH3 is 2. The number of nitrogens with zero attached hydrogens (tertiary/aromatic N) is 3. The predicted octanol–water partition coefficient (Wildman–Crippen LogP) is 2.68. The summed E-state index contributed by atoms with van der Waals surface area (Å²) in [5.41, 5.74) is 1.29. The molecule has 4 N–H and O–H groups in total. The van der Waals surface area contributed by atoms with E-state index in [2.05, 4.69) is 16.0 Å². The van der Waals surface area contributed by atoms with Crippen molar-refractivity contribution in [1.29, 1.82) is 0 Å². The number of likely N-dealkylation sites (N-methyl/N-ethyl adjacent to an activating group) is 1. The minimum Gasteiger partial charge on any atom is -0.480 e. The molecule has 0 aliphatic carbocycles. The van der Waals surface area contributed by atoms with Crippen molar-refractivity contribution in [2.45, 2.75) is 103 Å². The lowest BCUT2D eigenvalue weighted by Crippen LogP contribution is -2.55. The van der Waals surface area contributed by atoms with Crippen molar-refractivity contribution in [2.24, 2.45) is 17.8 Å². The fraction of sp³-hybridized carbons (Fsp3) is 0.578. The highest BCUT2D eigenvalue weighted by Gasteiger charge is 2.43. The second kappa shape index (κ2) is 23.3. The van der Waals surface area contributed by atoms with Crippen molar-refractivity contribution in [3.8, 4) is 0 Å². The van der Waals surface area contributed by atoms with Crippen LogP contribution in [0.4, 0.5) is 0 Å². The second-order valence-corrected chi connectivity index (χ2v) is 16.4. The number of hydrogen-bond acceptors (Lipinski definition) is 11. The highest BCUT2D eigenvalue weighted by atomic mass is 16.7. The molecule has 17 heteroatoms. The zero-order chi connectivity index (χ0) is 45.7. The molecule has 2 aromatic rings. The average molecular weight is 865 g/mol. The first-order valence-electron chi connectivity index (χ1n) is 21.4. The normalized spacial score (nSPS) is 18.4. The van der Waals surface area contributed by atoms with Crippen LogP contribution in [0.2, 0.25) is 0 Å². The van der Waals surface area contributed by atoms with Gasteiger partial charge in [-0.15, -0.1) is 5.06 Å². The van der Waals surface area contributed by atoms with E-state index in [-0.39, 0.29) is 67.3 Å². The van der Waals surface area contributed by atoms with Gasteiger partial charge in [-0.2, -0.15) is 0 Å². The summed E-state index contributed by atoms with van der Waals surface area (Å²) in [6.45, 7) is 9.45. The summed E-state index contributed by atoms with van der Waals surface area (Å²) in [4.78, 5) is 101. The number of benzene rings is 2. The van der Waals surface area contributed by atoms with Crippen molar-refractivity contribution in [2.75, 3.05) is 47.5 Å². The summed E-state index contributed by atoms with van der Waals surface area (Å²) in [6.07, 6.45) is 0.514. The minimum atomic E-state index is -1.16. The summed E-state index contributed by atoms with van der Waals surface area (Å²) in [5.74, 6) is -4.89. The molecule has 2 aliphatic heterocycles. The van der Waals surface area contributed by atoms with Gasteiger partial charge in [0.2, 0.25) is 23.6 Å². The van der Waals surface area contributed by atoms with Gasteiger partial charge in [0.05, 0.1) is 67.0 Å². The summed E-state index contributed by atoms with van der Waals surface area (Å²) >= 11 is 0. The Kier molecular flexibility index (Phi) is 18.6. The molecule has 2 heterocycles. The predicted molar refractivity (Wildman–Crippen MR) is 228 cm³/mol. The van der Waals surface area contributed by atoms with Crippen LogP contribution in [-0.4, -0.2) is 145 Å². The van der Waals surface area contributed by atoms with Crippen molar-refractivity contribution in [3.63, 3.8) is 0 Å². The molecule has 0 bridgehead atoms. The van der Waals surface area contributed by atoms with Crippen LogP contribution in [0.15, 0.2) is 54.6 Å². The number of ether oxygens (including phenoxy) is 2. The third-order valence-electron chi connectivity index (χ3n) is 12.0. The molecule has 0 aromatic heterocycles. The third-order valence-corrected chi connectivity index (χ3v) is 12.0. The Labute approximate surface area is 364 Å². The molecule has 1 unspecified atom stereocenters. The van der Waals surface area contributed by atoms with E-state index < -0.39 is 71.9 Å². The molecule has 8 atom stereocenters. The number of fused-ring (bicyclic) bond motifs is 1. The van der Waals surface area contributed by atoms with Gasteiger partial charge in [-0.1, -0.05) is 83.5 Å². The molecule has 1 saturated heterocycles. The summed E-state index contributed by atoms with van der Waals surface area (Å²) in [5, 5.41) is 19.1. The van der Waals surface area contributed by atoms with Gasteiger partial charge in [0, 0.05) is 40.8 Å². The van der Waals surface area contributed by atoms with Gasteiger partial charge < -0.3 is 40.3 Å². The van der Waals surface area contributed by atoms with Gasteiger partial charge in [-0.25, -0.2) is 4.79 Å². The van der Waals surface area contributed by atoms with Crippen LogP contribution in [0.25, 0.3) is 0 Å². The molecule has 6 amide bonds. The van der Waals surface area contributed by atoms with Crippen LogP contribution in [0.3, 0.4) is 0 Å². The van der Waals surface area contributed by atoms with Crippen molar-refractivity contribution >= 4 is 41.4 Å². The topological polar surface area (TPSA) is 213 Å². The molecule has 0 saturated carbocycles. The number of hydroxylamine groups is 2. The molecular formula is C45H64N6O11. The number of amides is 6. The Bertz CT molecular complexity index is 1840. The zero-order valence-electron chi connectivity index (χ0n) is 37.1. The molecule has 0 spiro atoms. The quantitative estimate of drug-likeness (QED) is 0.0887. The van der Waals surface area contributed by atoms with E-state index in [4.69, 9.17) is 14.3 Å². The van der Waals surface area contributed by atoms with Gasteiger partial charge >= 0.3 is 5.97 Å². The van der Waals surface area contributed by atoms with Crippen LogP contribution in [0, 0.1) is 17.8 Å². The number of carboxylic acids is 1. The molecule has 2 aromatic carbocycles. The van der Waals surface area contributed by atoms with E-state index >= 15 is 0 Å². The molecule has 17 nitrogen and oxygen atoms in total. The number of likely N-dealkylation sites (tertiary alicyclic amines) is 1. The van der Waals surface area contributed by atoms with Gasteiger partial charge in [0.15, 0.2) is 0 Å². The van der Waals surface area contributed by atoms with E-state index in [1.807, 2.05) is 33.8 Å². The monoisotopic (exact) mass is 864 g/mol. The number of imide groups is 1. The van der Waals surface area contributed by atoms with Gasteiger partial charge in [-0.05, 0) is 42.4 Å². The van der Waals surface area contributed by atoms with E-state index in [1.165, 1.54) is 19.1 Å². The van der Waals surface area contributed by atoms with Gasteiger partial charge in [0.25, 0.3) is 11.8 Å². The van der Waals surface area contributed by atoms with Crippen LogP contribution in [-0.2, 0) is 44.7 Å². The Morgan fingerprint density at radius 2 is 1.53 bits per heavy atom. The third kappa shape index (κ3) is 12.2. The minimum absolute atomic E-state index is 0.0662. The Hall–Kier alpha value is -5.23. The lowest BCUT2D eigenvalue weighted by atomic mass is 9.90. The first-order valence-corrected chi connectivity index (χ1v) is 21.4. The van der Waals surface area contributed by atoms with E-state index in [9.17, 15) is 38.7 Å². The maximum absolute atomic E-state index is 14.1. The van der Waals surface area contributed by atoms with Crippen LogP contribution < -0.4 is 16.0 Å². The average Bonchev–Trinajstić information content (AvgIpc) is 3.84. The van der Waals surface area contributed by atoms with Crippen LogP contribution in [0.1, 0.15) is 86.6 Å². The molecule has 340 valence electrons. The number of aliphatic carboxylic acids is 1. The number of hydrogen-bond donors (Lipinski definition) is 4. The molecule has 62 heavy (non-hydrogen) atoms. The maximum Gasteiger partial charge on any atom is 0.326 e. The highest BCUT2D eigenvalue weighted by Crippen LogP contribution is 2.29. The van der Waals surface area contributed by atoms with E-state index in [0.29, 0.717) is 25.8 Å². The Morgan fingerprint density at radius 1 is 0.903 bits per heavy atom. The number of nitrogens with one attached hydrogen (secondary N) is 3. The molecule has 2 aliphatic rings. The molecule has 1 fully saturated rings. The standard InChI is InChI=1S/C45H64N6O11/c1-9-28(4)39(49(6)37(53)26-47-42(55)38(27(2)3)46-21-23-62-51-43(56)31-18-13-14-19-32(31)44(51)57)35(60-7)25-36(52)50-22-15-20-34(50)40(61-8)29(5)41(54)48-33(45(58)59)24-30-16-11-10-12-17-30/h10-14,16-19,27-29,33-35,38-40,46H,9,15,20-26H2,1-8H3,(H,47,55)(H,48,54)(H,58,59)/t28-,29+,33-,34-,35+,38-,39?,40+/m0/s1. The Balaban J connectivity index is 1.34. The fourth-order valence-corrected chi connectivity index (χ4v) is 8.34. The van der Waals surface area contributed by atoms with Crippen molar-refractivity contribution in [3.05, 3.63) is 71.3 Å². The van der Waals surface area contributed by atoms with Gasteiger partial charge in [-0.3, -0.25) is 33.6 Å². The number of carboxylic acid groups (broad SMARTS) is 1.